The summed E-state index contributed by atoms with van der Waals surface area (Å²) in [5, 5.41) is 3.88. The second-order valence-electron chi connectivity index (χ2n) is 7.84. The largest absolute Gasteiger partial charge is 0.329 e. The molecule has 1 aromatic carbocycles. The minimum Gasteiger partial charge on any atom is -0.329 e. The summed E-state index contributed by atoms with van der Waals surface area (Å²) in [4.78, 5) is 40.8. The first-order valence-corrected chi connectivity index (χ1v) is 11.4. The molecule has 2 heterocycles. The maximum absolute atomic E-state index is 13.1. The molecule has 8 nitrogen and oxygen atoms in total. The van der Waals surface area contributed by atoms with Crippen molar-refractivity contribution in [2.24, 2.45) is 0 Å². The van der Waals surface area contributed by atoms with Gasteiger partial charge in [-0.15, -0.1) is 0 Å². The monoisotopic (exact) mass is 417 g/mol. The number of benzene rings is 1. The zero-order valence-electron chi connectivity index (χ0n) is 15.9. The molecule has 4 rings (SSSR count). The third-order valence-electron chi connectivity index (χ3n) is 5.82. The summed E-state index contributed by atoms with van der Waals surface area (Å²) >= 11 is 0. The molecule has 2 aliphatic heterocycles. The van der Waals surface area contributed by atoms with Crippen LogP contribution in [0.5, 0.6) is 0 Å². The molecule has 29 heavy (non-hydrogen) atoms. The molecular formula is C20H23N3O5S. The lowest BCUT2D eigenvalue weighted by Gasteiger charge is -2.29. The third-order valence-corrected chi connectivity index (χ3v) is 7.20. The van der Waals surface area contributed by atoms with E-state index in [1.165, 1.54) is 11.0 Å². The van der Waals surface area contributed by atoms with Crippen LogP contribution >= 0.6 is 0 Å². The maximum atomic E-state index is 13.1. The fraction of sp³-hybridized carbons (Fsp3) is 0.450. The first-order valence-electron chi connectivity index (χ1n) is 9.68. The summed E-state index contributed by atoms with van der Waals surface area (Å²) in [6, 6.07) is 8.02. The number of urea groups is 1. The molecule has 154 valence electrons. The predicted octanol–water partition coefficient (Wildman–Crippen LogP) is 1.19. The minimum atomic E-state index is -3.37. The zero-order valence-corrected chi connectivity index (χ0v) is 16.7. The molecule has 0 bridgehead atoms. The topological polar surface area (TPSA) is 104 Å². The number of amides is 4. The number of carbonyl (C=O) groups is 3. The van der Waals surface area contributed by atoms with Crippen molar-refractivity contribution in [1.29, 1.82) is 0 Å². The molecule has 0 unspecified atom stereocenters. The molecule has 1 atom stereocenters. The van der Waals surface area contributed by atoms with Crippen molar-refractivity contribution in [3.63, 3.8) is 0 Å². The standard InChI is InChI=1S/C20H23N3O5S/c24-17(13-23-18(25)20(21-19(23)26)9-4-5-10-20)22(12-15-6-2-1-3-7-15)16-8-11-29(27,28)14-16/h1-3,6-8,11,16H,4-5,9-10,12-14H2,(H,21,26)/t16-/m1/s1. The van der Waals surface area contributed by atoms with Gasteiger partial charge in [0.2, 0.25) is 5.91 Å². The highest BCUT2D eigenvalue weighted by atomic mass is 32.2. The average molecular weight is 417 g/mol. The highest BCUT2D eigenvalue weighted by Gasteiger charge is 2.53. The molecule has 1 spiro atoms. The van der Waals surface area contributed by atoms with Gasteiger partial charge >= 0.3 is 6.03 Å². The quantitative estimate of drug-likeness (QED) is 0.725. The first kappa shape index (κ1) is 19.6. The van der Waals surface area contributed by atoms with E-state index in [-0.39, 0.29) is 18.2 Å². The van der Waals surface area contributed by atoms with Gasteiger partial charge in [-0.25, -0.2) is 13.2 Å². The lowest BCUT2D eigenvalue weighted by Crippen LogP contribution is -2.48. The number of hydrogen-bond donors (Lipinski definition) is 1. The lowest BCUT2D eigenvalue weighted by atomic mass is 9.98. The Bertz CT molecular complexity index is 967. The van der Waals surface area contributed by atoms with Crippen LogP contribution in [-0.4, -0.2) is 59.9 Å². The summed E-state index contributed by atoms with van der Waals surface area (Å²) in [6.45, 7) is -0.206. The average Bonchev–Trinajstić information content (AvgIpc) is 3.36. The van der Waals surface area contributed by atoms with Gasteiger partial charge < -0.3 is 10.2 Å². The van der Waals surface area contributed by atoms with Crippen LogP contribution in [0.1, 0.15) is 31.2 Å². The normalized spacial score (nSPS) is 24.3. The molecule has 3 aliphatic rings. The number of nitrogens with one attached hydrogen (secondary N) is 1. The van der Waals surface area contributed by atoms with Crippen molar-refractivity contribution in [2.75, 3.05) is 12.3 Å². The van der Waals surface area contributed by atoms with Crippen LogP contribution in [0.3, 0.4) is 0 Å². The summed E-state index contributed by atoms with van der Waals surface area (Å²) in [6.07, 6.45) is 4.37. The van der Waals surface area contributed by atoms with Gasteiger partial charge in [-0.3, -0.25) is 14.5 Å². The fourth-order valence-corrected chi connectivity index (χ4v) is 5.59. The van der Waals surface area contributed by atoms with E-state index in [0.29, 0.717) is 12.8 Å². The fourth-order valence-electron chi connectivity index (χ4n) is 4.29. The molecule has 1 saturated heterocycles. The van der Waals surface area contributed by atoms with Crippen LogP contribution in [0.2, 0.25) is 0 Å². The highest BCUT2D eigenvalue weighted by molar-refractivity contribution is 7.94. The Morgan fingerprint density at radius 1 is 1.17 bits per heavy atom. The van der Waals surface area contributed by atoms with Gasteiger partial charge in [-0.2, -0.15) is 0 Å². The van der Waals surface area contributed by atoms with Gasteiger partial charge in [0.05, 0.1) is 11.8 Å². The second-order valence-corrected chi connectivity index (χ2v) is 9.77. The molecule has 0 aromatic heterocycles. The summed E-state index contributed by atoms with van der Waals surface area (Å²) in [5.41, 5.74) is -0.0406. The van der Waals surface area contributed by atoms with Crippen LogP contribution in [0, 0.1) is 0 Å². The van der Waals surface area contributed by atoms with Crippen LogP contribution in [0.25, 0.3) is 0 Å². The van der Waals surface area contributed by atoms with Gasteiger partial charge in [0.15, 0.2) is 9.84 Å². The van der Waals surface area contributed by atoms with Crippen LogP contribution in [0.4, 0.5) is 4.79 Å². The van der Waals surface area contributed by atoms with Crippen molar-refractivity contribution in [3.8, 4) is 0 Å². The Kier molecular flexibility index (Phi) is 4.94. The Labute approximate surface area is 169 Å². The SMILES string of the molecule is O=C1NC2(CCCC2)C(=O)N1CC(=O)N(Cc1ccccc1)[C@@H]1C=CS(=O)(=O)C1. The van der Waals surface area contributed by atoms with Gasteiger partial charge in [0, 0.05) is 12.0 Å². The smallest absolute Gasteiger partial charge is 0.325 e. The Hall–Kier alpha value is -2.68. The minimum absolute atomic E-state index is 0.193. The van der Waals surface area contributed by atoms with Crippen molar-refractivity contribution in [2.45, 2.75) is 43.8 Å². The van der Waals surface area contributed by atoms with Crippen molar-refractivity contribution in [3.05, 3.63) is 47.4 Å². The molecule has 1 aliphatic carbocycles. The van der Waals surface area contributed by atoms with Crippen LogP contribution in [0.15, 0.2) is 41.8 Å². The van der Waals surface area contributed by atoms with Crippen LogP contribution in [-0.2, 0) is 26.0 Å². The van der Waals surface area contributed by atoms with Crippen molar-refractivity contribution >= 4 is 27.7 Å². The Morgan fingerprint density at radius 3 is 2.48 bits per heavy atom. The number of rotatable bonds is 5. The van der Waals surface area contributed by atoms with E-state index in [9.17, 15) is 22.8 Å². The molecule has 4 amide bonds. The van der Waals surface area contributed by atoms with Crippen molar-refractivity contribution < 1.29 is 22.8 Å². The summed E-state index contributed by atoms with van der Waals surface area (Å²) < 4.78 is 23.8. The van der Waals surface area contributed by atoms with Crippen LogP contribution < -0.4 is 5.32 Å². The van der Waals surface area contributed by atoms with E-state index in [1.54, 1.807) is 0 Å². The molecule has 1 aromatic rings. The van der Waals surface area contributed by atoms with Gasteiger partial charge in [-0.05, 0) is 24.5 Å². The number of carbonyl (C=O) groups excluding carboxylic acids is 3. The Morgan fingerprint density at radius 2 is 1.86 bits per heavy atom. The van der Waals surface area contributed by atoms with E-state index < -0.39 is 39.9 Å². The lowest BCUT2D eigenvalue weighted by molar-refractivity contribution is -0.139. The van der Waals surface area contributed by atoms with E-state index in [4.69, 9.17) is 0 Å². The van der Waals surface area contributed by atoms with E-state index in [0.717, 1.165) is 28.7 Å². The number of hydrogen-bond acceptors (Lipinski definition) is 5. The molecule has 9 heteroatoms. The number of sulfone groups is 1. The molecule has 1 saturated carbocycles. The van der Waals surface area contributed by atoms with Gasteiger partial charge in [-0.1, -0.05) is 43.2 Å². The second kappa shape index (κ2) is 7.29. The molecular weight excluding hydrogens is 394 g/mol. The maximum Gasteiger partial charge on any atom is 0.325 e. The van der Waals surface area contributed by atoms with Gasteiger partial charge in [0.25, 0.3) is 5.91 Å². The number of nitrogens with zero attached hydrogens (tertiary/aromatic N) is 2. The zero-order chi connectivity index (χ0) is 20.6. The predicted molar refractivity (Wildman–Crippen MR) is 105 cm³/mol. The van der Waals surface area contributed by atoms with E-state index >= 15 is 0 Å². The van der Waals surface area contributed by atoms with Crippen molar-refractivity contribution in [1.82, 2.24) is 15.1 Å². The molecule has 2 fully saturated rings. The van der Waals surface area contributed by atoms with Gasteiger partial charge in [0.1, 0.15) is 12.1 Å². The molecule has 1 N–H and O–H groups in total. The Balaban J connectivity index is 1.54. The molecule has 0 radical (unpaired) electrons. The van der Waals surface area contributed by atoms with E-state index in [2.05, 4.69) is 5.32 Å². The third kappa shape index (κ3) is 3.78. The summed E-state index contributed by atoms with van der Waals surface area (Å²) in [5.74, 6) is -1.02. The first-order chi connectivity index (χ1) is 13.8. The van der Waals surface area contributed by atoms with E-state index in [1.807, 2.05) is 30.3 Å². The summed E-state index contributed by atoms with van der Waals surface area (Å²) in [7, 11) is -3.37. The number of imide groups is 1. The highest BCUT2D eigenvalue weighted by Crippen LogP contribution is 2.35.